The molecule has 4 aromatic rings. The normalized spacial score (nSPS) is 19.2. The van der Waals surface area contributed by atoms with Gasteiger partial charge < -0.3 is 10.1 Å². The molecule has 0 saturated carbocycles. The van der Waals surface area contributed by atoms with Gasteiger partial charge in [-0.3, -0.25) is 0 Å². The summed E-state index contributed by atoms with van der Waals surface area (Å²) >= 11 is 6.35. The Bertz CT molecular complexity index is 1270. The fourth-order valence-electron chi connectivity index (χ4n) is 4.30. The zero-order valence-electron chi connectivity index (χ0n) is 15.9. The number of ether oxygens (including phenoxy) is 1. The molecule has 30 heavy (non-hydrogen) atoms. The number of rotatable bonds is 2. The van der Waals surface area contributed by atoms with Gasteiger partial charge >= 0.3 is 0 Å². The van der Waals surface area contributed by atoms with Crippen LogP contribution in [-0.2, 0) is 0 Å². The minimum atomic E-state index is -0.273. The van der Waals surface area contributed by atoms with Crippen LogP contribution in [0.15, 0.2) is 90.8 Å². The van der Waals surface area contributed by atoms with Gasteiger partial charge in [0, 0.05) is 16.2 Å². The molecule has 0 unspecified atom stereocenters. The average Bonchev–Trinajstić information content (AvgIpc) is 3.27. The molecule has 0 amide bonds. The second-order valence-corrected chi connectivity index (χ2v) is 7.78. The van der Waals surface area contributed by atoms with Gasteiger partial charge in [0.15, 0.2) is 0 Å². The minimum Gasteiger partial charge on any atom is -0.480 e. The van der Waals surface area contributed by atoms with Crippen LogP contribution >= 0.6 is 11.6 Å². The van der Waals surface area contributed by atoms with Gasteiger partial charge in [0.2, 0.25) is 5.95 Å². The van der Waals surface area contributed by atoms with Gasteiger partial charge in [-0.15, -0.1) is 0 Å². The molecule has 6 heteroatoms. The number of hydrogen-bond donors (Lipinski definition) is 1. The topological polar surface area (TPSA) is 52.0 Å². The van der Waals surface area contributed by atoms with E-state index < -0.39 is 0 Å². The number of benzene rings is 3. The smallest absolute Gasteiger partial charge is 0.226 e. The highest BCUT2D eigenvalue weighted by Gasteiger charge is 2.40. The monoisotopic (exact) mass is 412 g/mol. The number of nitrogens with zero attached hydrogens (tertiary/aromatic N) is 3. The number of halogens is 1. The molecule has 146 valence electrons. The molecule has 2 aliphatic rings. The molecular weight excluding hydrogens is 396 g/mol. The summed E-state index contributed by atoms with van der Waals surface area (Å²) in [6.45, 7) is 0. The third-order valence-electron chi connectivity index (χ3n) is 5.59. The zero-order valence-corrected chi connectivity index (χ0v) is 16.6. The molecule has 3 aromatic carbocycles. The van der Waals surface area contributed by atoms with Gasteiger partial charge in [-0.25, -0.2) is 4.68 Å². The quantitative estimate of drug-likeness (QED) is 0.473. The molecule has 2 atom stereocenters. The second kappa shape index (κ2) is 6.75. The van der Waals surface area contributed by atoms with Gasteiger partial charge in [-0.1, -0.05) is 72.3 Å². The van der Waals surface area contributed by atoms with Crippen LogP contribution in [0.5, 0.6) is 5.75 Å². The largest absolute Gasteiger partial charge is 0.480 e. The van der Waals surface area contributed by atoms with E-state index in [0.29, 0.717) is 11.0 Å². The second-order valence-electron chi connectivity index (χ2n) is 7.35. The number of nitrogens with one attached hydrogen (secondary N) is 1. The Morgan fingerprint density at radius 3 is 2.40 bits per heavy atom. The maximum absolute atomic E-state index is 6.57. The van der Waals surface area contributed by atoms with E-state index >= 15 is 0 Å². The number of anilines is 1. The molecule has 0 bridgehead atoms. The Kier molecular flexibility index (Phi) is 3.89. The van der Waals surface area contributed by atoms with Crippen molar-refractivity contribution in [3.05, 3.63) is 112 Å². The predicted octanol–water partition coefficient (Wildman–Crippen LogP) is 5.49. The highest BCUT2D eigenvalue weighted by Crippen LogP contribution is 2.50. The Balaban J connectivity index is 1.65. The summed E-state index contributed by atoms with van der Waals surface area (Å²) < 4.78 is 8.49. The summed E-state index contributed by atoms with van der Waals surface area (Å²) in [7, 11) is 0. The molecule has 1 aromatic heterocycles. The highest BCUT2D eigenvalue weighted by molar-refractivity contribution is 6.30. The van der Waals surface area contributed by atoms with E-state index in [1.165, 1.54) is 0 Å². The Labute approximate surface area is 178 Å². The van der Waals surface area contributed by atoms with Crippen LogP contribution in [0, 0.1) is 0 Å². The zero-order chi connectivity index (χ0) is 20.1. The first-order valence-corrected chi connectivity index (χ1v) is 10.1. The van der Waals surface area contributed by atoms with Crippen LogP contribution in [0.25, 0.3) is 5.70 Å². The summed E-state index contributed by atoms with van der Waals surface area (Å²) in [5, 5.41) is 8.69. The molecule has 0 spiro atoms. The van der Waals surface area contributed by atoms with E-state index in [1.54, 1.807) is 6.33 Å². The molecule has 0 radical (unpaired) electrons. The maximum atomic E-state index is 6.57. The molecular formula is C24H17ClN4O. The number of fused-ring (bicyclic) bond motifs is 3. The molecule has 1 N–H and O–H groups in total. The summed E-state index contributed by atoms with van der Waals surface area (Å²) in [4.78, 5) is 4.45. The fraction of sp³-hybridized carbons (Fsp3) is 0.0833. The van der Waals surface area contributed by atoms with Crippen molar-refractivity contribution in [2.75, 3.05) is 5.32 Å². The lowest BCUT2D eigenvalue weighted by molar-refractivity contribution is 0.223. The number of hydrogen-bond acceptors (Lipinski definition) is 4. The molecule has 0 saturated heterocycles. The van der Waals surface area contributed by atoms with Crippen molar-refractivity contribution in [1.82, 2.24) is 14.8 Å². The van der Waals surface area contributed by atoms with Crippen molar-refractivity contribution in [2.45, 2.75) is 12.1 Å². The molecule has 0 fully saturated rings. The van der Waals surface area contributed by atoms with Crippen LogP contribution in [-0.4, -0.2) is 14.8 Å². The van der Waals surface area contributed by atoms with Crippen molar-refractivity contribution in [3.63, 3.8) is 0 Å². The average molecular weight is 413 g/mol. The lowest BCUT2D eigenvalue weighted by atomic mass is 9.84. The van der Waals surface area contributed by atoms with Gasteiger partial charge in [0.05, 0.1) is 5.70 Å². The highest BCUT2D eigenvalue weighted by atomic mass is 35.5. The van der Waals surface area contributed by atoms with Crippen LogP contribution in [0.3, 0.4) is 0 Å². The lowest BCUT2D eigenvalue weighted by Crippen LogP contribution is -2.32. The first kappa shape index (κ1) is 17.3. The molecule has 2 aliphatic heterocycles. The van der Waals surface area contributed by atoms with E-state index in [4.69, 9.17) is 16.3 Å². The summed E-state index contributed by atoms with van der Waals surface area (Å²) in [6, 6.07) is 26.2. The van der Waals surface area contributed by atoms with E-state index in [2.05, 4.69) is 39.7 Å². The molecule has 6 rings (SSSR count). The summed E-state index contributed by atoms with van der Waals surface area (Å²) in [5.74, 6) is 1.49. The van der Waals surface area contributed by atoms with Gasteiger partial charge in [0.1, 0.15) is 24.2 Å². The third-order valence-corrected chi connectivity index (χ3v) is 5.83. The van der Waals surface area contributed by atoms with Crippen LogP contribution in [0.1, 0.15) is 28.8 Å². The van der Waals surface area contributed by atoms with Gasteiger partial charge in [0.25, 0.3) is 0 Å². The van der Waals surface area contributed by atoms with E-state index in [1.807, 2.05) is 59.3 Å². The minimum absolute atomic E-state index is 0.155. The Morgan fingerprint density at radius 2 is 1.63 bits per heavy atom. The Hall–Kier alpha value is -3.57. The van der Waals surface area contributed by atoms with E-state index in [0.717, 1.165) is 33.7 Å². The summed E-state index contributed by atoms with van der Waals surface area (Å²) in [5.41, 5.74) is 5.19. The summed E-state index contributed by atoms with van der Waals surface area (Å²) in [6.07, 6.45) is 1.30. The lowest BCUT2D eigenvalue weighted by Gasteiger charge is -2.39. The van der Waals surface area contributed by atoms with Crippen molar-refractivity contribution in [3.8, 4) is 5.75 Å². The predicted molar refractivity (Wildman–Crippen MR) is 116 cm³/mol. The van der Waals surface area contributed by atoms with Crippen molar-refractivity contribution < 1.29 is 4.74 Å². The first-order valence-electron chi connectivity index (χ1n) is 9.76. The van der Waals surface area contributed by atoms with Gasteiger partial charge in [-0.2, -0.15) is 10.1 Å². The van der Waals surface area contributed by atoms with E-state index in [9.17, 15) is 0 Å². The third kappa shape index (κ3) is 2.63. The standard InChI is InChI=1S/C24H17ClN4O/c25-17-11-12-19-18(13-17)21-20(23(30-19)16-9-5-2-6-10-16)22(15-7-3-1-4-8-15)29-24(28-21)26-14-27-29/h1-14,22-23H,(H,26,27,28)/t22-,23-/m1/s1. The van der Waals surface area contributed by atoms with Crippen molar-refractivity contribution in [2.24, 2.45) is 0 Å². The van der Waals surface area contributed by atoms with Crippen LogP contribution in [0.2, 0.25) is 5.02 Å². The maximum Gasteiger partial charge on any atom is 0.226 e. The fourth-order valence-corrected chi connectivity index (χ4v) is 4.47. The Morgan fingerprint density at radius 1 is 0.900 bits per heavy atom. The van der Waals surface area contributed by atoms with Crippen LogP contribution < -0.4 is 10.1 Å². The van der Waals surface area contributed by atoms with Crippen LogP contribution in [0.4, 0.5) is 5.95 Å². The number of aromatic nitrogens is 3. The molecule has 3 heterocycles. The van der Waals surface area contributed by atoms with E-state index in [-0.39, 0.29) is 12.1 Å². The molecule has 0 aliphatic carbocycles. The SMILES string of the molecule is Clc1ccc2c(c1)C1=C([C@@H](c3ccccc3)O2)[C@@H](c2ccccc2)n2ncnc2N1. The van der Waals surface area contributed by atoms with Crippen molar-refractivity contribution >= 4 is 23.2 Å². The van der Waals surface area contributed by atoms with Gasteiger partial charge in [-0.05, 0) is 29.3 Å². The molecule has 5 nitrogen and oxygen atoms in total. The van der Waals surface area contributed by atoms with Crippen molar-refractivity contribution in [1.29, 1.82) is 0 Å². The first-order chi connectivity index (χ1) is 14.8.